The minimum Gasteiger partial charge on any atom is -0.113 e. The van der Waals surface area contributed by atoms with Crippen molar-refractivity contribution in [3.05, 3.63) is 0 Å². The van der Waals surface area contributed by atoms with Crippen LogP contribution in [0.2, 0.25) is 0 Å². The van der Waals surface area contributed by atoms with E-state index in [4.69, 9.17) is 0 Å². The van der Waals surface area contributed by atoms with E-state index in [1.54, 1.807) is 0 Å². The maximum atomic E-state index is 2.48. The van der Waals surface area contributed by atoms with Crippen molar-refractivity contribution in [2.45, 2.75) is 79.5 Å². The average Bonchev–Trinajstić information content (AvgIpc) is 1.75. The fraction of sp³-hybridized carbons (Fsp3) is 1.00. The molecular weight excluding hydrogens is 199 g/mol. The van der Waals surface area contributed by atoms with Crippen molar-refractivity contribution in [1.82, 2.24) is 0 Å². The zero-order valence-corrected chi connectivity index (χ0v) is 13.3. The summed E-state index contributed by atoms with van der Waals surface area (Å²) in [5.74, 6) is 0. The van der Waals surface area contributed by atoms with Gasteiger partial charge in [-0.15, -0.1) is 8.58 Å². The molecule has 0 rings (SSSR count). The van der Waals surface area contributed by atoms with Gasteiger partial charge in [0.2, 0.25) is 0 Å². The van der Waals surface area contributed by atoms with Crippen molar-refractivity contribution in [3.8, 4) is 0 Å². The first kappa shape index (κ1) is 15.4. The van der Waals surface area contributed by atoms with Gasteiger partial charge in [-0.2, -0.15) is 0 Å². The van der Waals surface area contributed by atoms with Gasteiger partial charge in [-0.1, -0.05) is 62.3 Å². The molecule has 2 unspecified atom stereocenters. The van der Waals surface area contributed by atoms with Crippen LogP contribution in [0.5, 0.6) is 0 Å². The quantitative estimate of drug-likeness (QED) is 0.576. The summed E-state index contributed by atoms with van der Waals surface area (Å²) >= 11 is 0. The molecule has 0 heterocycles. The maximum Gasteiger partial charge on any atom is -0.00945 e. The van der Waals surface area contributed by atoms with Crippen LogP contribution in [0.25, 0.3) is 0 Å². The fourth-order valence-electron chi connectivity index (χ4n) is 2.23. The van der Waals surface area contributed by atoms with Crippen molar-refractivity contribution < 1.29 is 0 Å². The van der Waals surface area contributed by atoms with Gasteiger partial charge in [0.05, 0.1) is 0 Å². The lowest BCUT2D eigenvalue weighted by atomic mass is 9.72. The summed E-state index contributed by atoms with van der Waals surface area (Å²) in [7, 11) is 1.06. The molecule has 0 radical (unpaired) electrons. The van der Waals surface area contributed by atoms with Gasteiger partial charge >= 0.3 is 0 Å². The van der Waals surface area contributed by atoms with E-state index in [9.17, 15) is 0 Å². The van der Waals surface area contributed by atoms with Gasteiger partial charge in [0.25, 0.3) is 0 Å². The Labute approximate surface area is 99.4 Å². The molecule has 0 aromatic heterocycles. The lowest BCUT2D eigenvalue weighted by molar-refractivity contribution is 0.210. The van der Waals surface area contributed by atoms with E-state index in [-0.39, 0.29) is 0 Å². The van der Waals surface area contributed by atoms with Crippen molar-refractivity contribution in [2.75, 3.05) is 0 Å². The molecule has 0 nitrogen and oxygen atoms in total. The molecule has 0 bridgehead atoms. The SMILES string of the molecule is CC(C)PC(C)(CC(C)(C)C)C(C)(C)C. The van der Waals surface area contributed by atoms with Gasteiger partial charge < -0.3 is 0 Å². The molecule has 0 amide bonds. The normalized spacial score (nSPS) is 18.8. The van der Waals surface area contributed by atoms with Crippen LogP contribution in [0.3, 0.4) is 0 Å². The van der Waals surface area contributed by atoms with E-state index in [2.05, 4.69) is 62.3 Å². The van der Waals surface area contributed by atoms with Crippen LogP contribution in [-0.4, -0.2) is 10.8 Å². The first-order valence-corrected chi connectivity index (χ1v) is 7.23. The second-order valence-electron chi connectivity index (χ2n) is 7.62. The maximum absolute atomic E-state index is 2.48. The minimum absolute atomic E-state index is 0.406. The third-order valence-corrected chi connectivity index (χ3v) is 5.29. The highest BCUT2D eigenvalue weighted by Gasteiger charge is 2.40. The van der Waals surface area contributed by atoms with Crippen LogP contribution in [-0.2, 0) is 0 Å². The average molecular weight is 230 g/mol. The lowest BCUT2D eigenvalue weighted by Gasteiger charge is -2.47. The highest BCUT2D eigenvalue weighted by molar-refractivity contribution is 7.40. The number of rotatable bonds is 3. The molecule has 0 spiro atoms. The van der Waals surface area contributed by atoms with Gasteiger partial charge in [-0.05, 0) is 28.1 Å². The molecule has 0 saturated heterocycles. The van der Waals surface area contributed by atoms with Gasteiger partial charge in [0.15, 0.2) is 0 Å². The Morgan fingerprint density at radius 3 is 1.47 bits per heavy atom. The smallest absolute Gasteiger partial charge is 0.00945 e. The first-order chi connectivity index (χ1) is 6.37. The van der Waals surface area contributed by atoms with Gasteiger partial charge in [-0.3, -0.25) is 0 Å². The zero-order chi connectivity index (χ0) is 12.5. The number of hydrogen-bond acceptors (Lipinski definition) is 0. The largest absolute Gasteiger partial charge is 0.113 e. The molecule has 0 aromatic carbocycles. The Bertz CT molecular complexity index is 192. The van der Waals surface area contributed by atoms with E-state index in [1.165, 1.54) is 6.42 Å². The first-order valence-electron chi connectivity index (χ1n) is 6.15. The summed E-state index contributed by atoms with van der Waals surface area (Å²) in [5, 5.41) is 0.472. The topological polar surface area (TPSA) is 0 Å². The Kier molecular flexibility index (Phi) is 4.88. The van der Waals surface area contributed by atoms with Gasteiger partial charge in [0, 0.05) is 0 Å². The lowest BCUT2D eigenvalue weighted by Crippen LogP contribution is -2.39. The van der Waals surface area contributed by atoms with Crippen molar-refractivity contribution in [2.24, 2.45) is 10.8 Å². The molecule has 0 aliphatic carbocycles. The molecule has 0 fully saturated rings. The summed E-state index contributed by atoms with van der Waals surface area (Å²) < 4.78 is 0. The molecule has 0 N–H and O–H groups in total. The molecule has 92 valence electrons. The van der Waals surface area contributed by atoms with Crippen molar-refractivity contribution >= 4 is 8.58 Å². The Hall–Kier alpha value is 0.430. The Balaban J connectivity index is 4.88. The molecule has 15 heavy (non-hydrogen) atoms. The standard InChI is InChI=1S/C14H31P/c1-11(2)15-14(9,13(6,7)8)10-12(3,4)5/h11,15H,10H2,1-9H3. The third kappa shape index (κ3) is 5.34. The molecule has 0 aromatic rings. The number of hydrogen-bond donors (Lipinski definition) is 0. The second kappa shape index (κ2) is 4.74. The Morgan fingerprint density at radius 1 is 0.867 bits per heavy atom. The third-order valence-electron chi connectivity index (χ3n) is 3.15. The van der Waals surface area contributed by atoms with Gasteiger partial charge in [0.1, 0.15) is 0 Å². The highest BCUT2D eigenvalue weighted by Crippen LogP contribution is 2.53. The second-order valence-corrected chi connectivity index (χ2v) is 10.2. The highest BCUT2D eigenvalue weighted by atomic mass is 31.1. The van der Waals surface area contributed by atoms with Crippen LogP contribution in [0.4, 0.5) is 0 Å². The van der Waals surface area contributed by atoms with Crippen LogP contribution in [0, 0.1) is 10.8 Å². The van der Waals surface area contributed by atoms with Gasteiger partial charge in [-0.25, -0.2) is 0 Å². The van der Waals surface area contributed by atoms with E-state index in [0.29, 0.717) is 16.0 Å². The van der Waals surface area contributed by atoms with Crippen LogP contribution < -0.4 is 0 Å². The summed E-state index contributed by atoms with van der Waals surface area (Å²) in [6, 6.07) is 0. The van der Waals surface area contributed by atoms with Crippen molar-refractivity contribution in [3.63, 3.8) is 0 Å². The Morgan fingerprint density at radius 2 is 1.27 bits per heavy atom. The summed E-state index contributed by atoms with van der Waals surface area (Å²) in [6.07, 6.45) is 1.32. The van der Waals surface area contributed by atoms with E-state index in [1.807, 2.05) is 0 Å². The summed E-state index contributed by atoms with van der Waals surface area (Å²) in [6.45, 7) is 21.5. The van der Waals surface area contributed by atoms with Crippen LogP contribution in [0.15, 0.2) is 0 Å². The van der Waals surface area contributed by atoms with Crippen molar-refractivity contribution in [1.29, 1.82) is 0 Å². The minimum atomic E-state index is 0.406. The predicted octanol–water partition coefficient (Wildman–Crippen LogP) is 5.31. The summed E-state index contributed by atoms with van der Waals surface area (Å²) in [5.41, 5.74) is 1.66. The van der Waals surface area contributed by atoms with E-state index >= 15 is 0 Å². The summed E-state index contributed by atoms with van der Waals surface area (Å²) in [4.78, 5) is 0. The van der Waals surface area contributed by atoms with E-state index < -0.39 is 0 Å². The molecular formula is C14H31P. The molecule has 0 aliphatic rings. The van der Waals surface area contributed by atoms with Crippen LogP contribution >= 0.6 is 8.58 Å². The molecule has 0 aliphatic heterocycles. The predicted molar refractivity (Wildman–Crippen MR) is 75.4 cm³/mol. The van der Waals surface area contributed by atoms with E-state index in [0.717, 1.165) is 14.2 Å². The fourth-order valence-corrected chi connectivity index (χ4v) is 4.57. The molecule has 0 saturated carbocycles. The van der Waals surface area contributed by atoms with Crippen LogP contribution in [0.1, 0.15) is 68.7 Å². The monoisotopic (exact) mass is 230 g/mol. The molecule has 1 heteroatoms. The molecule has 2 atom stereocenters. The zero-order valence-electron chi connectivity index (χ0n) is 12.3.